The van der Waals surface area contributed by atoms with E-state index in [0.29, 0.717) is 23.8 Å². The molecule has 0 rings (SSSR count). The van der Waals surface area contributed by atoms with E-state index in [1.165, 1.54) is 0 Å². The molecule has 0 amide bonds. The molecule has 0 aromatic carbocycles. The van der Waals surface area contributed by atoms with Crippen LogP contribution >= 0.6 is 0 Å². The fraction of sp³-hybridized carbons (Fsp3) is 0.714. The molecule has 3 N–H and O–H groups in total. The van der Waals surface area contributed by atoms with Crippen molar-refractivity contribution in [1.29, 1.82) is 0 Å². The SMILES string of the molecule is CC(=NN)C(CC(C)C)=NO. The Kier molecular flexibility index (Phi) is 4.26. The second kappa shape index (κ2) is 4.71. The summed E-state index contributed by atoms with van der Waals surface area (Å²) in [6.07, 6.45) is 0.697. The van der Waals surface area contributed by atoms with E-state index >= 15 is 0 Å². The van der Waals surface area contributed by atoms with Crippen LogP contribution in [0.15, 0.2) is 10.3 Å². The average molecular weight is 157 g/mol. The van der Waals surface area contributed by atoms with E-state index in [1.54, 1.807) is 6.92 Å². The molecule has 0 aliphatic carbocycles. The predicted octanol–water partition coefficient (Wildman–Crippen LogP) is 1.20. The molecule has 0 saturated carbocycles. The fourth-order valence-corrected chi connectivity index (χ4v) is 0.722. The summed E-state index contributed by atoms with van der Waals surface area (Å²) in [6, 6.07) is 0. The Labute approximate surface area is 66.8 Å². The van der Waals surface area contributed by atoms with E-state index in [2.05, 4.69) is 10.3 Å². The molecule has 0 aliphatic heterocycles. The highest BCUT2D eigenvalue weighted by Gasteiger charge is 2.06. The number of rotatable bonds is 3. The van der Waals surface area contributed by atoms with Crippen LogP contribution < -0.4 is 5.84 Å². The monoisotopic (exact) mass is 157 g/mol. The van der Waals surface area contributed by atoms with Gasteiger partial charge in [-0.3, -0.25) is 0 Å². The standard InChI is InChI=1S/C7H15N3O/c1-5(2)4-7(10-11)6(3)9-8/h5,11H,4,8H2,1-3H3. The van der Waals surface area contributed by atoms with Crippen molar-refractivity contribution in [3.63, 3.8) is 0 Å². The first-order chi connectivity index (χ1) is 5.11. The van der Waals surface area contributed by atoms with Crippen molar-refractivity contribution < 1.29 is 5.21 Å². The van der Waals surface area contributed by atoms with E-state index in [9.17, 15) is 0 Å². The van der Waals surface area contributed by atoms with Crippen LogP contribution in [0.5, 0.6) is 0 Å². The maximum absolute atomic E-state index is 8.53. The quantitative estimate of drug-likeness (QED) is 0.279. The Morgan fingerprint density at radius 2 is 2.09 bits per heavy atom. The van der Waals surface area contributed by atoms with Crippen molar-refractivity contribution in [3.05, 3.63) is 0 Å². The van der Waals surface area contributed by atoms with Crippen LogP contribution in [0.1, 0.15) is 27.2 Å². The van der Waals surface area contributed by atoms with E-state index in [1.807, 2.05) is 13.8 Å². The molecule has 0 aromatic rings. The van der Waals surface area contributed by atoms with Crippen LogP contribution in [-0.2, 0) is 0 Å². The van der Waals surface area contributed by atoms with Crippen LogP contribution in [0.25, 0.3) is 0 Å². The zero-order valence-electron chi connectivity index (χ0n) is 7.20. The van der Waals surface area contributed by atoms with Crippen molar-refractivity contribution in [3.8, 4) is 0 Å². The predicted molar refractivity (Wildman–Crippen MR) is 46.0 cm³/mol. The molecule has 0 aromatic heterocycles. The number of nitrogens with zero attached hydrogens (tertiary/aromatic N) is 2. The van der Waals surface area contributed by atoms with Gasteiger partial charge in [0, 0.05) is 0 Å². The molecule has 0 unspecified atom stereocenters. The van der Waals surface area contributed by atoms with E-state index in [4.69, 9.17) is 11.0 Å². The Morgan fingerprint density at radius 1 is 1.55 bits per heavy atom. The second-order valence-electron chi connectivity index (χ2n) is 2.86. The fourth-order valence-electron chi connectivity index (χ4n) is 0.722. The molecule has 0 aliphatic rings. The van der Waals surface area contributed by atoms with Gasteiger partial charge in [0.15, 0.2) is 0 Å². The topological polar surface area (TPSA) is 71.0 Å². The van der Waals surface area contributed by atoms with Gasteiger partial charge in [-0.05, 0) is 19.3 Å². The van der Waals surface area contributed by atoms with Gasteiger partial charge in [0.05, 0.1) is 5.71 Å². The molecule has 0 fully saturated rings. The molecule has 64 valence electrons. The van der Waals surface area contributed by atoms with Crippen molar-refractivity contribution in [1.82, 2.24) is 0 Å². The third-order valence-corrected chi connectivity index (χ3v) is 1.33. The molecule has 0 atom stereocenters. The molecule has 0 spiro atoms. The molecule has 0 radical (unpaired) electrons. The number of nitrogens with two attached hydrogens (primary N) is 1. The summed E-state index contributed by atoms with van der Waals surface area (Å²) in [6.45, 7) is 5.79. The van der Waals surface area contributed by atoms with Crippen LogP contribution in [-0.4, -0.2) is 16.6 Å². The highest BCUT2D eigenvalue weighted by atomic mass is 16.4. The minimum atomic E-state index is 0.442. The van der Waals surface area contributed by atoms with Crippen molar-refractivity contribution >= 4 is 11.4 Å². The summed E-state index contributed by atoms with van der Waals surface area (Å²) < 4.78 is 0. The Hall–Kier alpha value is -1.06. The van der Waals surface area contributed by atoms with E-state index in [-0.39, 0.29) is 0 Å². The summed E-state index contributed by atoms with van der Waals surface area (Å²) in [5, 5.41) is 15.1. The lowest BCUT2D eigenvalue weighted by atomic mass is 10.0. The summed E-state index contributed by atoms with van der Waals surface area (Å²) in [7, 11) is 0. The average Bonchev–Trinajstić information content (AvgIpc) is 1.98. The molecule has 4 heteroatoms. The van der Waals surface area contributed by atoms with Gasteiger partial charge in [-0.1, -0.05) is 19.0 Å². The molecule has 0 heterocycles. The summed E-state index contributed by atoms with van der Waals surface area (Å²) in [4.78, 5) is 0. The van der Waals surface area contributed by atoms with Crippen molar-refractivity contribution in [2.75, 3.05) is 0 Å². The summed E-state index contributed by atoms with van der Waals surface area (Å²) >= 11 is 0. The molecular weight excluding hydrogens is 142 g/mol. The summed E-state index contributed by atoms with van der Waals surface area (Å²) in [5.74, 6) is 5.46. The normalized spacial score (nSPS) is 14.2. The molecule has 4 nitrogen and oxygen atoms in total. The smallest absolute Gasteiger partial charge is 0.103 e. The van der Waals surface area contributed by atoms with Gasteiger partial charge < -0.3 is 11.0 Å². The van der Waals surface area contributed by atoms with E-state index < -0.39 is 0 Å². The van der Waals surface area contributed by atoms with Crippen LogP contribution in [0.2, 0.25) is 0 Å². The Bertz CT molecular complexity index is 173. The minimum Gasteiger partial charge on any atom is -0.411 e. The van der Waals surface area contributed by atoms with Crippen molar-refractivity contribution in [2.24, 2.45) is 22.0 Å². The number of hydrogen-bond donors (Lipinski definition) is 2. The third kappa shape index (κ3) is 3.60. The lowest BCUT2D eigenvalue weighted by molar-refractivity contribution is 0.318. The van der Waals surface area contributed by atoms with Gasteiger partial charge in [0.1, 0.15) is 5.71 Å². The highest BCUT2D eigenvalue weighted by Crippen LogP contribution is 2.02. The maximum Gasteiger partial charge on any atom is 0.103 e. The number of hydrazone groups is 1. The van der Waals surface area contributed by atoms with Gasteiger partial charge >= 0.3 is 0 Å². The van der Waals surface area contributed by atoms with Crippen molar-refractivity contribution in [2.45, 2.75) is 27.2 Å². The molecule has 0 bridgehead atoms. The number of oxime groups is 1. The van der Waals surface area contributed by atoms with Gasteiger partial charge in [0.2, 0.25) is 0 Å². The Balaban J connectivity index is 4.21. The molecule has 11 heavy (non-hydrogen) atoms. The number of hydrogen-bond acceptors (Lipinski definition) is 4. The third-order valence-electron chi connectivity index (χ3n) is 1.33. The molecular formula is C7H15N3O. The van der Waals surface area contributed by atoms with Crippen LogP contribution in [0.4, 0.5) is 0 Å². The van der Waals surface area contributed by atoms with Gasteiger partial charge in [-0.15, -0.1) is 0 Å². The Morgan fingerprint density at radius 3 is 2.36 bits per heavy atom. The molecule has 0 saturated heterocycles. The highest BCUT2D eigenvalue weighted by molar-refractivity contribution is 6.41. The van der Waals surface area contributed by atoms with E-state index in [0.717, 1.165) is 0 Å². The van der Waals surface area contributed by atoms with Crippen LogP contribution in [0, 0.1) is 5.92 Å². The first-order valence-electron chi connectivity index (χ1n) is 3.57. The van der Waals surface area contributed by atoms with Gasteiger partial charge in [-0.2, -0.15) is 5.10 Å². The first kappa shape index (κ1) is 9.94. The first-order valence-corrected chi connectivity index (χ1v) is 3.57. The van der Waals surface area contributed by atoms with Gasteiger partial charge in [0.25, 0.3) is 0 Å². The lowest BCUT2D eigenvalue weighted by Gasteiger charge is -2.04. The minimum absolute atomic E-state index is 0.442. The zero-order chi connectivity index (χ0) is 8.85. The zero-order valence-corrected chi connectivity index (χ0v) is 7.20. The van der Waals surface area contributed by atoms with Gasteiger partial charge in [-0.25, -0.2) is 0 Å². The summed E-state index contributed by atoms with van der Waals surface area (Å²) in [5.41, 5.74) is 1.14. The van der Waals surface area contributed by atoms with Crippen LogP contribution in [0.3, 0.4) is 0 Å². The largest absolute Gasteiger partial charge is 0.411 e. The second-order valence-corrected chi connectivity index (χ2v) is 2.86. The lowest BCUT2D eigenvalue weighted by Crippen LogP contribution is -2.14. The maximum atomic E-state index is 8.53.